The monoisotopic (exact) mass is 337 g/mol. The number of imidazole rings is 1. The maximum atomic E-state index is 12.5. The number of aromatic nitrogens is 4. The Bertz CT molecular complexity index is 876. The van der Waals surface area contributed by atoms with Crippen molar-refractivity contribution in [2.45, 2.75) is 40.2 Å². The molecule has 0 unspecified atom stereocenters. The van der Waals surface area contributed by atoms with Crippen LogP contribution in [0.15, 0.2) is 36.5 Å². The molecule has 1 atom stereocenters. The van der Waals surface area contributed by atoms with Crippen molar-refractivity contribution in [1.82, 2.24) is 25.1 Å². The summed E-state index contributed by atoms with van der Waals surface area (Å²) in [5.41, 5.74) is 4.58. The lowest BCUT2D eigenvalue weighted by atomic mass is 10.1. The average molecular weight is 337 g/mol. The van der Waals surface area contributed by atoms with E-state index in [-0.39, 0.29) is 11.9 Å². The highest BCUT2D eigenvalue weighted by molar-refractivity contribution is 5.94. The summed E-state index contributed by atoms with van der Waals surface area (Å²) in [5.74, 6) is 0.674. The lowest BCUT2D eigenvalue weighted by Crippen LogP contribution is -2.28. The van der Waals surface area contributed by atoms with Crippen LogP contribution in [0.4, 0.5) is 0 Å². The summed E-state index contributed by atoms with van der Waals surface area (Å²) in [4.78, 5) is 20.0. The quantitative estimate of drug-likeness (QED) is 0.749. The van der Waals surface area contributed by atoms with Crippen LogP contribution in [0.25, 0.3) is 5.69 Å². The molecule has 2 N–H and O–H groups in total. The molecule has 2 heterocycles. The molecule has 0 radical (unpaired) electrons. The number of aryl methyl sites for hydroxylation is 3. The molecule has 130 valence electrons. The van der Waals surface area contributed by atoms with E-state index in [1.807, 2.05) is 62.7 Å². The second kappa shape index (κ2) is 6.93. The van der Waals surface area contributed by atoms with E-state index >= 15 is 0 Å². The fourth-order valence-corrected chi connectivity index (χ4v) is 2.86. The van der Waals surface area contributed by atoms with Gasteiger partial charge in [-0.05, 0) is 57.5 Å². The van der Waals surface area contributed by atoms with Crippen LogP contribution in [0, 0.1) is 20.8 Å². The number of aromatic amines is 1. The number of hydrogen-bond donors (Lipinski definition) is 2. The number of amides is 1. The van der Waals surface area contributed by atoms with Gasteiger partial charge < -0.3 is 10.3 Å². The van der Waals surface area contributed by atoms with E-state index in [9.17, 15) is 4.79 Å². The minimum absolute atomic E-state index is 0.110. The highest BCUT2D eigenvalue weighted by Gasteiger charge is 2.16. The Hall–Kier alpha value is -2.89. The number of nitrogens with one attached hydrogen (secondary N) is 2. The largest absolute Gasteiger partial charge is 0.344 e. The Labute approximate surface area is 147 Å². The van der Waals surface area contributed by atoms with Gasteiger partial charge in [-0.1, -0.05) is 6.92 Å². The number of hydrogen-bond acceptors (Lipinski definition) is 3. The Kier molecular flexibility index (Phi) is 4.70. The lowest BCUT2D eigenvalue weighted by molar-refractivity contribution is 0.0934. The Morgan fingerprint density at radius 1 is 1.24 bits per heavy atom. The first-order valence-electron chi connectivity index (χ1n) is 8.44. The molecular formula is C19H23N5O. The fourth-order valence-electron chi connectivity index (χ4n) is 2.86. The molecule has 0 aliphatic heterocycles. The van der Waals surface area contributed by atoms with Crippen molar-refractivity contribution >= 4 is 5.91 Å². The molecule has 6 nitrogen and oxygen atoms in total. The molecule has 2 aromatic heterocycles. The number of carbonyl (C=O) groups is 1. The van der Waals surface area contributed by atoms with Gasteiger partial charge in [-0.25, -0.2) is 9.67 Å². The summed E-state index contributed by atoms with van der Waals surface area (Å²) in [6.07, 6.45) is 2.54. The summed E-state index contributed by atoms with van der Waals surface area (Å²) in [7, 11) is 0. The van der Waals surface area contributed by atoms with Gasteiger partial charge in [0.15, 0.2) is 0 Å². The third kappa shape index (κ3) is 3.63. The molecule has 0 saturated heterocycles. The first-order chi connectivity index (χ1) is 12.0. The van der Waals surface area contributed by atoms with Crippen LogP contribution in [0.2, 0.25) is 0 Å². The standard InChI is InChI=1S/C19H23N5O/c1-5-17(18-20-11-13(3)21-18)22-19(25)15-6-8-16(9-7-15)24-14(4)10-12(2)23-24/h6-11,17H,5H2,1-4H3,(H,20,21)(H,22,25)/t17-/m0/s1. The third-order valence-electron chi connectivity index (χ3n) is 4.15. The second-order valence-corrected chi connectivity index (χ2v) is 6.27. The van der Waals surface area contributed by atoms with Gasteiger partial charge in [0.25, 0.3) is 5.91 Å². The van der Waals surface area contributed by atoms with Crippen LogP contribution in [-0.4, -0.2) is 25.7 Å². The number of nitrogens with zero attached hydrogens (tertiary/aromatic N) is 3. The Balaban J connectivity index is 1.75. The molecule has 0 spiro atoms. The minimum atomic E-state index is -0.128. The molecule has 0 fully saturated rings. The zero-order valence-electron chi connectivity index (χ0n) is 15.0. The van der Waals surface area contributed by atoms with Crippen molar-refractivity contribution in [2.24, 2.45) is 0 Å². The van der Waals surface area contributed by atoms with Crippen molar-refractivity contribution < 1.29 is 4.79 Å². The molecular weight excluding hydrogens is 314 g/mol. The van der Waals surface area contributed by atoms with Gasteiger partial charge in [-0.15, -0.1) is 0 Å². The highest BCUT2D eigenvalue weighted by Crippen LogP contribution is 2.16. The Morgan fingerprint density at radius 3 is 2.48 bits per heavy atom. The SMILES string of the molecule is CC[C@H](NC(=O)c1ccc(-n2nc(C)cc2C)cc1)c1ncc(C)[nH]1. The molecule has 0 aliphatic carbocycles. The van der Waals surface area contributed by atoms with E-state index in [0.29, 0.717) is 5.56 Å². The van der Waals surface area contributed by atoms with Gasteiger partial charge in [0.05, 0.1) is 17.4 Å². The molecule has 0 saturated carbocycles. The van der Waals surface area contributed by atoms with Gasteiger partial charge in [0.2, 0.25) is 0 Å². The minimum Gasteiger partial charge on any atom is -0.344 e. The van der Waals surface area contributed by atoms with E-state index in [0.717, 1.165) is 35.0 Å². The summed E-state index contributed by atoms with van der Waals surface area (Å²) < 4.78 is 1.87. The molecule has 3 aromatic rings. The van der Waals surface area contributed by atoms with Crippen LogP contribution in [-0.2, 0) is 0 Å². The number of H-pyrrole nitrogens is 1. The van der Waals surface area contributed by atoms with Crippen molar-refractivity contribution in [2.75, 3.05) is 0 Å². The lowest BCUT2D eigenvalue weighted by Gasteiger charge is -2.15. The molecule has 0 aliphatic rings. The third-order valence-corrected chi connectivity index (χ3v) is 4.15. The molecule has 1 aromatic carbocycles. The van der Waals surface area contributed by atoms with Crippen molar-refractivity contribution in [3.05, 3.63) is 65.0 Å². The van der Waals surface area contributed by atoms with Gasteiger partial charge >= 0.3 is 0 Å². The van der Waals surface area contributed by atoms with Crippen LogP contribution in [0.3, 0.4) is 0 Å². The molecule has 25 heavy (non-hydrogen) atoms. The molecule has 6 heteroatoms. The molecule has 1 amide bonds. The van der Waals surface area contributed by atoms with Crippen LogP contribution in [0.1, 0.15) is 52.7 Å². The predicted molar refractivity (Wildman–Crippen MR) is 96.9 cm³/mol. The first kappa shape index (κ1) is 17.0. The summed E-state index contributed by atoms with van der Waals surface area (Å²) >= 11 is 0. The topological polar surface area (TPSA) is 75.6 Å². The number of benzene rings is 1. The van der Waals surface area contributed by atoms with Crippen molar-refractivity contribution in [1.29, 1.82) is 0 Å². The van der Waals surface area contributed by atoms with Crippen LogP contribution >= 0.6 is 0 Å². The number of rotatable bonds is 5. The van der Waals surface area contributed by atoms with Crippen molar-refractivity contribution in [3.63, 3.8) is 0 Å². The van der Waals surface area contributed by atoms with E-state index in [2.05, 4.69) is 20.4 Å². The Morgan fingerprint density at radius 2 is 1.96 bits per heavy atom. The van der Waals surface area contributed by atoms with Crippen molar-refractivity contribution in [3.8, 4) is 5.69 Å². The normalized spacial score (nSPS) is 12.2. The van der Waals surface area contributed by atoms with Crippen LogP contribution < -0.4 is 5.32 Å². The molecule has 3 rings (SSSR count). The smallest absolute Gasteiger partial charge is 0.251 e. The zero-order chi connectivity index (χ0) is 18.0. The zero-order valence-corrected chi connectivity index (χ0v) is 15.0. The highest BCUT2D eigenvalue weighted by atomic mass is 16.1. The summed E-state index contributed by atoms with van der Waals surface area (Å²) in [5, 5.41) is 7.49. The van der Waals surface area contributed by atoms with E-state index < -0.39 is 0 Å². The van der Waals surface area contributed by atoms with E-state index in [1.54, 1.807) is 6.20 Å². The molecule has 0 bridgehead atoms. The van der Waals surface area contributed by atoms with Gasteiger partial charge in [-0.2, -0.15) is 5.10 Å². The first-order valence-corrected chi connectivity index (χ1v) is 8.44. The summed E-state index contributed by atoms with van der Waals surface area (Å²) in [6.45, 7) is 7.95. The van der Waals surface area contributed by atoms with E-state index in [1.165, 1.54) is 0 Å². The fraction of sp³-hybridized carbons (Fsp3) is 0.316. The number of carbonyl (C=O) groups excluding carboxylic acids is 1. The van der Waals surface area contributed by atoms with Gasteiger partial charge in [0, 0.05) is 23.1 Å². The van der Waals surface area contributed by atoms with E-state index in [4.69, 9.17) is 0 Å². The predicted octanol–water partition coefficient (Wildman–Crippen LogP) is 3.40. The van der Waals surface area contributed by atoms with Crippen LogP contribution in [0.5, 0.6) is 0 Å². The summed E-state index contributed by atoms with van der Waals surface area (Å²) in [6, 6.07) is 9.36. The van der Waals surface area contributed by atoms with Gasteiger partial charge in [-0.3, -0.25) is 4.79 Å². The maximum absolute atomic E-state index is 12.5. The average Bonchev–Trinajstić information content (AvgIpc) is 3.17. The maximum Gasteiger partial charge on any atom is 0.251 e. The second-order valence-electron chi connectivity index (χ2n) is 6.27. The van der Waals surface area contributed by atoms with Gasteiger partial charge in [0.1, 0.15) is 5.82 Å².